The summed E-state index contributed by atoms with van der Waals surface area (Å²) in [5.74, 6) is -1.31. The molecule has 2 atom stereocenters. The van der Waals surface area contributed by atoms with Gasteiger partial charge < -0.3 is 19.9 Å². The van der Waals surface area contributed by atoms with Crippen LogP contribution < -0.4 is 5.73 Å². The standard InChI is InChI=1S/C18H20N2O6S/c1-11(21)25-9-13-10-27-18(24-2)15(19)16(22)20(18)14(13)17(23)26-8-12-6-4-3-5-7-12/h3-7,15H,8-10,19H2,1-2H3/t15?,18-/m1/s1. The first-order valence-corrected chi connectivity index (χ1v) is 9.24. The second-order valence-electron chi connectivity index (χ2n) is 6.07. The third kappa shape index (κ3) is 3.45. The van der Waals surface area contributed by atoms with Gasteiger partial charge >= 0.3 is 11.9 Å². The Kier molecular flexibility index (Phi) is 5.54. The summed E-state index contributed by atoms with van der Waals surface area (Å²) in [4.78, 5) is 37.6. The van der Waals surface area contributed by atoms with Crippen molar-refractivity contribution < 1.29 is 28.6 Å². The molecule has 1 aromatic rings. The molecule has 144 valence electrons. The first-order valence-electron chi connectivity index (χ1n) is 8.26. The van der Waals surface area contributed by atoms with Crippen LogP contribution >= 0.6 is 11.8 Å². The van der Waals surface area contributed by atoms with E-state index in [1.807, 2.05) is 30.3 Å². The predicted molar refractivity (Wildman–Crippen MR) is 96.9 cm³/mol. The summed E-state index contributed by atoms with van der Waals surface area (Å²) in [5.41, 5.74) is 7.23. The highest BCUT2D eigenvalue weighted by molar-refractivity contribution is 8.00. The molecule has 0 spiro atoms. The van der Waals surface area contributed by atoms with E-state index in [0.29, 0.717) is 11.3 Å². The van der Waals surface area contributed by atoms with E-state index in [1.165, 1.54) is 30.7 Å². The Morgan fingerprint density at radius 3 is 2.59 bits per heavy atom. The average molecular weight is 392 g/mol. The van der Waals surface area contributed by atoms with Crippen LogP contribution in [0.1, 0.15) is 12.5 Å². The Balaban J connectivity index is 1.87. The van der Waals surface area contributed by atoms with Crippen molar-refractivity contribution >= 4 is 29.6 Å². The van der Waals surface area contributed by atoms with Crippen LogP contribution in [0.2, 0.25) is 0 Å². The number of rotatable bonds is 6. The van der Waals surface area contributed by atoms with Crippen LogP contribution in [0, 0.1) is 0 Å². The quantitative estimate of drug-likeness (QED) is 0.558. The van der Waals surface area contributed by atoms with E-state index >= 15 is 0 Å². The minimum atomic E-state index is -1.15. The third-order valence-electron chi connectivity index (χ3n) is 4.35. The number of carbonyl (C=O) groups excluding carboxylic acids is 3. The van der Waals surface area contributed by atoms with E-state index in [0.717, 1.165) is 5.56 Å². The minimum absolute atomic E-state index is 0.0273. The number of hydrogen-bond donors (Lipinski definition) is 1. The summed E-state index contributed by atoms with van der Waals surface area (Å²) < 4.78 is 15.9. The van der Waals surface area contributed by atoms with E-state index in [9.17, 15) is 14.4 Å². The maximum absolute atomic E-state index is 12.8. The number of carbonyl (C=O) groups is 3. The number of β-lactam (4-membered cyclic amide) rings is 1. The Morgan fingerprint density at radius 1 is 1.26 bits per heavy atom. The molecular formula is C18H20N2O6S. The summed E-state index contributed by atoms with van der Waals surface area (Å²) in [5, 5.41) is -1.15. The van der Waals surface area contributed by atoms with Crippen LogP contribution in [0.4, 0.5) is 0 Å². The van der Waals surface area contributed by atoms with Gasteiger partial charge in [0.25, 0.3) is 5.91 Å². The molecule has 1 fully saturated rings. The molecule has 0 saturated carbocycles. The van der Waals surface area contributed by atoms with Gasteiger partial charge in [0, 0.05) is 25.4 Å². The van der Waals surface area contributed by atoms with E-state index in [4.69, 9.17) is 19.9 Å². The molecule has 2 aliphatic rings. The van der Waals surface area contributed by atoms with Crippen molar-refractivity contribution in [2.45, 2.75) is 24.6 Å². The second kappa shape index (κ2) is 7.71. The maximum atomic E-state index is 12.8. The van der Waals surface area contributed by atoms with Gasteiger partial charge in [0.2, 0.25) is 5.06 Å². The molecule has 1 aromatic carbocycles. The molecule has 0 bridgehead atoms. The number of thioether (sulfide) groups is 1. The van der Waals surface area contributed by atoms with Gasteiger partial charge in [0.1, 0.15) is 25.0 Å². The van der Waals surface area contributed by atoms with E-state index in [-0.39, 0.29) is 18.9 Å². The highest BCUT2D eigenvalue weighted by atomic mass is 32.2. The lowest BCUT2D eigenvalue weighted by Gasteiger charge is -2.56. The SMILES string of the molecule is CO[C@]12SCC(COC(C)=O)=C(C(=O)OCc3ccccc3)N1C(=O)C2N. The minimum Gasteiger partial charge on any atom is -0.461 e. The van der Waals surface area contributed by atoms with E-state index in [2.05, 4.69) is 0 Å². The summed E-state index contributed by atoms with van der Waals surface area (Å²) in [6, 6.07) is 8.28. The zero-order valence-electron chi connectivity index (χ0n) is 15.0. The number of nitrogens with zero attached hydrogens (tertiary/aromatic N) is 1. The number of esters is 2. The summed E-state index contributed by atoms with van der Waals surface area (Å²) >= 11 is 1.27. The topological polar surface area (TPSA) is 108 Å². The number of benzene rings is 1. The lowest BCUT2D eigenvalue weighted by molar-refractivity contribution is -0.183. The molecule has 1 amide bonds. The van der Waals surface area contributed by atoms with Crippen molar-refractivity contribution in [2.75, 3.05) is 19.5 Å². The lowest BCUT2D eigenvalue weighted by Crippen LogP contribution is -2.78. The number of methoxy groups -OCH3 is 1. The largest absolute Gasteiger partial charge is 0.461 e. The molecule has 0 aromatic heterocycles. The zero-order valence-corrected chi connectivity index (χ0v) is 15.8. The second-order valence-corrected chi connectivity index (χ2v) is 7.23. The fourth-order valence-corrected chi connectivity index (χ4v) is 4.27. The molecule has 8 nitrogen and oxygen atoms in total. The first-order chi connectivity index (χ1) is 12.9. The molecule has 1 saturated heterocycles. The van der Waals surface area contributed by atoms with Gasteiger partial charge in [-0.05, 0) is 5.56 Å². The average Bonchev–Trinajstić information content (AvgIpc) is 2.69. The van der Waals surface area contributed by atoms with Gasteiger partial charge in [-0.2, -0.15) is 0 Å². The Hall–Kier alpha value is -2.36. The monoisotopic (exact) mass is 392 g/mol. The van der Waals surface area contributed by atoms with Gasteiger partial charge in [-0.3, -0.25) is 14.5 Å². The fraction of sp³-hybridized carbons (Fsp3) is 0.389. The van der Waals surface area contributed by atoms with Crippen LogP contribution in [0.15, 0.2) is 41.6 Å². The molecule has 2 heterocycles. The number of amides is 1. The number of hydrogen-bond acceptors (Lipinski definition) is 8. The molecule has 9 heteroatoms. The fourth-order valence-electron chi connectivity index (χ4n) is 2.96. The van der Waals surface area contributed by atoms with Crippen molar-refractivity contribution in [3.63, 3.8) is 0 Å². The lowest BCUT2D eigenvalue weighted by atomic mass is 10.0. The van der Waals surface area contributed by atoms with E-state index in [1.54, 1.807) is 0 Å². The third-order valence-corrected chi connectivity index (χ3v) is 5.86. The van der Waals surface area contributed by atoms with Crippen LogP contribution in [0.3, 0.4) is 0 Å². The molecule has 2 aliphatic heterocycles. The molecule has 1 unspecified atom stereocenters. The van der Waals surface area contributed by atoms with E-state index < -0.39 is 28.9 Å². The maximum Gasteiger partial charge on any atom is 0.355 e. The van der Waals surface area contributed by atoms with Crippen LogP contribution in [0.25, 0.3) is 0 Å². The predicted octanol–water partition coefficient (Wildman–Crippen LogP) is 0.763. The van der Waals surface area contributed by atoms with Gasteiger partial charge in [-0.25, -0.2) is 4.79 Å². The van der Waals surface area contributed by atoms with Crippen molar-refractivity contribution in [3.05, 3.63) is 47.2 Å². The van der Waals surface area contributed by atoms with Crippen molar-refractivity contribution in [2.24, 2.45) is 5.73 Å². The van der Waals surface area contributed by atoms with Gasteiger partial charge in [-0.15, -0.1) is 0 Å². The number of fused-ring (bicyclic) bond motifs is 1. The number of nitrogens with two attached hydrogens (primary N) is 1. The Labute approximate surface area is 160 Å². The summed E-state index contributed by atoms with van der Waals surface area (Å²) in [6.45, 7) is 1.20. The Morgan fingerprint density at radius 2 is 1.96 bits per heavy atom. The van der Waals surface area contributed by atoms with Crippen molar-refractivity contribution in [1.82, 2.24) is 4.90 Å². The van der Waals surface area contributed by atoms with Crippen LogP contribution in [-0.4, -0.2) is 53.3 Å². The normalized spacial score (nSPS) is 24.2. The highest BCUT2D eigenvalue weighted by Crippen LogP contribution is 2.49. The molecule has 27 heavy (non-hydrogen) atoms. The summed E-state index contributed by atoms with van der Waals surface area (Å²) in [6.07, 6.45) is 0. The Bertz CT molecular complexity index is 796. The first kappa shape index (κ1) is 19.4. The highest BCUT2D eigenvalue weighted by Gasteiger charge is 2.64. The van der Waals surface area contributed by atoms with Crippen LogP contribution in [-0.2, 0) is 35.2 Å². The van der Waals surface area contributed by atoms with Crippen molar-refractivity contribution in [3.8, 4) is 0 Å². The molecular weight excluding hydrogens is 372 g/mol. The smallest absolute Gasteiger partial charge is 0.355 e. The molecule has 2 N–H and O–H groups in total. The van der Waals surface area contributed by atoms with Crippen LogP contribution in [0.5, 0.6) is 0 Å². The summed E-state index contributed by atoms with van der Waals surface area (Å²) in [7, 11) is 1.43. The molecule has 0 aliphatic carbocycles. The van der Waals surface area contributed by atoms with Gasteiger partial charge in [-0.1, -0.05) is 42.1 Å². The van der Waals surface area contributed by atoms with Gasteiger partial charge in [0.05, 0.1) is 0 Å². The number of ether oxygens (including phenoxy) is 3. The molecule has 0 radical (unpaired) electrons. The molecule has 3 rings (SSSR count). The zero-order chi connectivity index (χ0) is 19.6. The van der Waals surface area contributed by atoms with Gasteiger partial charge in [0.15, 0.2) is 0 Å². The van der Waals surface area contributed by atoms with Crippen molar-refractivity contribution in [1.29, 1.82) is 0 Å².